The SMILES string of the molecule is COc1cc(/C=N/n2c(C(F)(F)F)n[nH]c2=S)ccc1OC(=O)c1ccccc1. The van der Waals surface area contributed by atoms with Crippen LogP contribution in [0.5, 0.6) is 11.5 Å². The molecule has 1 aromatic heterocycles. The third-order valence-electron chi connectivity index (χ3n) is 3.63. The van der Waals surface area contributed by atoms with Gasteiger partial charge in [-0.15, -0.1) is 5.10 Å². The van der Waals surface area contributed by atoms with Gasteiger partial charge in [0.05, 0.1) is 18.9 Å². The maximum Gasteiger partial charge on any atom is 0.453 e. The van der Waals surface area contributed by atoms with Crippen molar-refractivity contribution in [1.82, 2.24) is 14.9 Å². The fourth-order valence-electron chi connectivity index (χ4n) is 2.29. The Balaban J connectivity index is 1.85. The average molecular weight is 422 g/mol. The topological polar surface area (TPSA) is 81.5 Å². The Labute approximate surface area is 167 Å². The van der Waals surface area contributed by atoms with Gasteiger partial charge in [-0.2, -0.15) is 22.9 Å². The molecule has 0 aliphatic rings. The first-order valence-electron chi connectivity index (χ1n) is 8.04. The number of carbonyl (C=O) groups is 1. The van der Waals surface area contributed by atoms with E-state index in [2.05, 4.69) is 15.3 Å². The summed E-state index contributed by atoms with van der Waals surface area (Å²) in [7, 11) is 1.37. The van der Waals surface area contributed by atoms with Gasteiger partial charge in [0.25, 0.3) is 5.82 Å². The largest absolute Gasteiger partial charge is 0.493 e. The molecule has 0 fully saturated rings. The van der Waals surface area contributed by atoms with E-state index in [9.17, 15) is 18.0 Å². The lowest BCUT2D eigenvalue weighted by Crippen LogP contribution is -2.12. The molecule has 0 saturated carbocycles. The van der Waals surface area contributed by atoms with Gasteiger partial charge in [0.2, 0.25) is 4.77 Å². The quantitative estimate of drug-likeness (QED) is 0.290. The van der Waals surface area contributed by atoms with E-state index in [1.54, 1.807) is 30.3 Å². The smallest absolute Gasteiger partial charge is 0.453 e. The van der Waals surface area contributed by atoms with Crippen LogP contribution in [-0.4, -0.2) is 34.2 Å². The number of alkyl halides is 3. The number of rotatable bonds is 5. The first-order valence-corrected chi connectivity index (χ1v) is 8.44. The Morgan fingerprint density at radius 1 is 1.21 bits per heavy atom. The molecular formula is C18H13F3N4O3S. The van der Waals surface area contributed by atoms with Gasteiger partial charge in [-0.1, -0.05) is 18.2 Å². The minimum Gasteiger partial charge on any atom is -0.493 e. The maximum absolute atomic E-state index is 12.9. The van der Waals surface area contributed by atoms with Gasteiger partial charge in [-0.25, -0.2) is 9.89 Å². The molecule has 0 aliphatic carbocycles. The number of benzene rings is 2. The lowest BCUT2D eigenvalue weighted by atomic mass is 10.2. The zero-order valence-electron chi connectivity index (χ0n) is 14.8. The van der Waals surface area contributed by atoms with E-state index in [1.165, 1.54) is 25.3 Å². The van der Waals surface area contributed by atoms with Gasteiger partial charge in [0, 0.05) is 0 Å². The Bertz CT molecular complexity index is 1110. The van der Waals surface area contributed by atoms with Crippen molar-refractivity contribution in [2.75, 3.05) is 7.11 Å². The highest BCUT2D eigenvalue weighted by molar-refractivity contribution is 7.71. The Morgan fingerprint density at radius 2 is 1.93 bits per heavy atom. The second-order valence-electron chi connectivity index (χ2n) is 5.57. The normalized spacial score (nSPS) is 11.6. The molecule has 1 N–H and O–H groups in total. The molecule has 0 bridgehead atoms. The minimum absolute atomic E-state index is 0.148. The lowest BCUT2D eigenvalue weighted by Gasteiger charge is -2.10. The van der Waals surface area contributed by atoms with Crippen molar-refractivity contribution in [2.45, 2.75) is 6.18 Å². The summed E-state index contributed by atoms with van der Waals surface area (Å²) in [6, 6.07) is 12.8. The van der Waals surface area contributed by atoms with Crippen molar-refractivity contribution in [2.24, 2.45) is 5.10 Å². The highest BCUT2D eigenvalue weighted by Gasteiger charge is 2.37. The average Bonchev–Trinajstić information content (AvgIpc) is 3.08. The first-order chi connectivity index (χ1) is 13.8. The number of aromatic nitrogens is 3. The van der Waals surface area contributed by atoms with Crippen LogP contribution in [0.15, 0.2) is 53.6 Å². The summed E-state index contributed by atoms with van der Waals surface area (Å²) in [4.78, 5) is 12.2. The highest BCUT2D eigenvalue weighted by Crippen LogP contribution is 2.29. The van der Waals surface area contributed by atoms with Crippen molar-refractivity contribution in [3.63, 3.8) is 0 Å². The number of halogens is 3. The molecule has 1 heterocycles. The molecule has 2 aromatic carbocycles. The molecule has 0 amide bonds. The van der Waals surface area contributed by atoms with E-state index in [0.717, 1.165) is 6.21 Å². The van der Waals surface area contributed by atoms with Gasteiger partial charge >= 0.3 is 12.1 Å². The van der Waals surface area contributed by atoms with E-state index in [4.69, 9.17) is 21.7 Å². The molecule has 7 nitrogen and oxygen atoms in total. The molecule has 0 unspecified atom stereocenters. The van der Waals surface area contributed by atoms with Crippen LogP contribution in [0.2, 0.25) is 0 Å². The van der Waals surface area contributed by atoms with Crippen molar-refractivity contribution >= 4 is 24.4 Å². The van der Waals surface area contributed by atoms with Crippen molar-refractivity contribution in [3.8, 4) is 11.5 Å². The van der Waals surface area contributed by atoms with Crippen molar-refractivity contribution in [1.29, 1.82) is 0 Å². The predicted molar refractivity (Wildman–Crippen MR) is 99.8 cm³/mol. The van der Waals surface area contributed by atoms with Gasteiger partial charge < -0.3 is 9.47 Å². The number of ether oxygens (including phenoxy) is 2. The number of hydrogen-bond acceptors (Lipinski definition) is 6. The standard InChI is InChI=1S/C18H13F3N4O3S/c1-27-14-9-11(10-22-25-16(18(19,20)21)23-24-17(25)29)7-8-13(14)28-15(26)12-5-3-2-4-6-12/h2-10H,1H3,(H,24,29)/b22-10+. The molecule has 0 aliphatic heterocycles. The predicted octanol–water partition coefficient (Wildman–Crippen LogP) is 4.07. The summed E-state index contributed by atoms with van der Waals surface area (Å²) in [5.74, 6) is -1.51. The number of methoxy groups -OCH3 is 1. The zero-order chi connectivity index (χ0) is 21.0. The molecule has 150 valence electrons. The zero-order valence-corrected chi connectivity index (χ0v) is 15.6. The third-order valence-corrected chi connectivity index (χ3v) is 3.89. The van der Waals surface area contributed by atoms with Gasteiger partial charge in [-0.05, 0) is 48.1 Å². The van der Waals surface area contributed by atoms with Crippen LogP contribution < -0.4 is 9.47 Å². The van der Waals surface area contributed by atoms with Crippen LogP contribution in [0, 0.1) is 4.77 Å². The summed E-state index contributed by atoms with van der Waals surface area (Å²) in [6.07, 6.45) is -3.58. The van der Waals surface area contributed by atoms with Crippen LogP contribution in [0.25, 0.3) is 0 Å². The third kappa shape index (κ3) is 4.69. The van der Waals surface area contributed by atoms with Gasteiger partial charge in [-0.3, -0.25) is 0 Å². The molecule has 3 aromatic rings. The molecule has 0 radical (unpaired) electrons. The second-order valence-corrected chi connectivity index (χ2v) is 5.96. The fraction of sp³-hybridized carbons (Fsp3) is 0.111. The molecule has 0 spiro atoms. The number of carbonyl (C=O) groups excluding carboxylic acids is 1. The lowest BCUT2D eigenvalue weighted by molar-refractivity contribution is -0.147. The van der Waals surface area contributed by atoms with Crippen LogP contribution in [0.4, 0.5) is 13.2 Å². The second kappa shape index (κ2) is 8.27. The molecular weight excluding hydrogens is 409 g/mol. The van der Waals surface area contributed by atoms with Crippen LogP contribution in [-0.2, 0) is 6.18 Å². The summed E-state index contributed by atoms with van der Waals surface area (Å²) in [5, 5.41) is 8.91. The molecule has 0 atom stereocenters. The van der Waals surface area contributed by atoms with Crippen LogP contribution in [0.3, 0.4) is 0 Å². The molecule has 11 heteroatoms. The first kappa shape index (κ1) is 20.3. The van der Waals surface area contributed by atoms with Gasteiger partial charge in [0.1, 0.15) is 0 Å². The summed E-state index contributed by atoms with van der Waals surface area (Å²) < 4.78 is 49.5. The Morgan fingerprint density at radius 3 is 2.59 bits per heavy atom. The van der Waals surface area contributed by atoms with Crippen LogP contribution in [0.1, 0.15) is 21.7 Å². The summed E-state index contributed by atoms with van der Waals surface area (Å²) in [5.41, 5.74) is 0.742. The maximum atomic E-state index is 12.9. The number of esters is 1. The monoisotopic (exact) mass is 422 g/mol. The van der Waals surface area contributed by atoms with E-state index >= 15 is 0 Å². The Kier molecular flexibility index (Phi) is 5.78. The van der Waals surface area contributed by atoms with Crippen molar-refractivity contribution in [3.05, 3.63) is 70.3 Å². The van der Waals surface area contributed by atoms with E-state index in [-0.39, 0.29) is 16.3 Å². The number of H-pyrrole nitrogens is 1. The van der Waals surface area contributed by atoms with Gasteiger partial charge in [0.15, 0.2) is 11.5 Å². The summed E-state index contributed by atoms with van der Waals surface area (Å²) in [6.45, 7) is 0. The fourth-order valence-corrected chi connectivity index (χ4v) is 2.47. The van der Waals surface area contributed by atoms with E-state index in [1.807, 2.05) is 0 Å². The van der Waals surface area contributed by atoms with E-state index < -0.39 is 18.0 Å². The van der Waals surface area contributed by atoms with Crippen LogP contribution >= 0.6 is 12.2 Å². The highest BCUT2D eigenvalue weighted by atomic mass is 32.1. The van der Waals surface area contributed by atoms with E-state index in [0.29, 0.717) is 15.8 Å². The number of nitrogens with zero attached hydrogens (tertiary/aromatic N) is 3. The Hall–Kier alpha value is -3.47. The number of nitrogens with one attached hydrogen (secondary N) is 1. The minimum atomic E-state index is -4.72. The van der Waals surface area contributed by atoms with Crippen molar-refractivity contribution < 1.29 is 27.4 Å². The number of hydrogen-bond donors (Lipinski definition) is 1. The molecule has 3 rings (SSSR count). The summed E-state index contributed by atoms with van der Waals surface area (Å²) >= 11 is 4.77. The molecule has 29 heavy (non-hydrogen) atoms. The molecule has 0 saturated heterocycles. The number of aromatic amines is 1.